The van der Waals surface area contributed by atoms with Crippen LogP contribution in [0.15, 0.2) is 34.9 Å². The highest BCUT2D eigenvalue weighted by molar-refractivity contribution is 9.10. The van der Waals surface area contributed by atoms with Crippen molar-refractivity contribution in [2.75, 3.05) is 5.73 Å². The van der Waals surface area contributed by atoms with Crippen LogP contribution in [0.5, 0.6) is 0 Å². The van der Waals surface area contributed by atoms with E-state index in [2.05, 4.69) is 36.4 Å². The number of halogens is 1. The molecule has 19 heavy (non-hydrogen) atoms. The van der Waals surface area contributed by atoms with Crippen molar-refractivity contribution in [1.29, 1.82) is 0 Å². The molecule has 2 aromatic heterocycles. The number of aromatic nitrogens is 5. The minimum absolute atomic E-state index is 0.588. The smallest absolute Gasteiger partial charge is 0.133 e. The van der Waals surface area contributed by atoms with Crippen LogP contribution in [-0.2, 0) is 7.05 Å². The molecular formula is C12H11BrN6. The monoisotopic (exact) mass is 318 g/mol. The third-order valence-electron chi connectivity index (χ3n) is 2.89. The van der Waals surface area contributed by atoms with E-state index in [4.69, 9.17) is 5.73 Å². The average molecular weight is 319 g/mol. The molecule has 0 amide bonds. The minimum atomic E-state index is 0.588. The topological polar surface area (TPSA) is 85.4 Å². The molecule has 0 spiro atoms. The second kappa shape index (κ2) is 4.51. The third kappa shape index (κ3) is 1.91. The van der Waals surface area contributed by atoms with Gasteiger partial charge in [-0.1, -0.05) is 34.1 Å². The summed E-state index contributed by atoms with van der Waals surface area (Å²) >= 11 is 3.54. The van der Waals surface area contributed by atoms with Gasteiger partial charge in [-0.25, -0.2) is 0 Å². The van der Waals surface area contributed by atoms with Crippen LogP contribution in [0.1, 0.15) is 0 Å². The molecule has 2 heterocycles. The van der Waals surface area contributed by atoms with Gasteiger partial charge in [-0.2, -0.15) is 20.5 Å². The maximum absolute atomic E-state index is 6.13. The highest BCUT2D eigenvalue weighted by atomic mass is 79.9. The number of nitrogens with zero attached hydrogens (tertiary/aromatic N) is 4. The Morgan fingerprint density at radius 3 is 2.79 bits per heavy atom. The van der Waals surface area contributed by atoms with Gasteiger partial charge in [0.05, 0.1) is 11.8 Å². The molecule has 6 nitrogen and oxygen atoms in total. The largest absolute Gasteiger partial charge is 0.383 e. The molecule has 0 atom stereocenters. The van der Waals surface area contributed by atoms with Crippen LogP contribution in [-0.4, -0.2) is 25.2 Å². The summed E-state index contributed by atoms with van der Waals surface area (Å²) in [4.78, 5) is 0. The number of rotatable bonds is 2. The van der Waals surface area contributed by atoms with E-state index in [1.54, 1.807) is 17.9 Å². The number of H-pyrrole nitrogens is 1. The van der Waals surface area contributed by atoms with Crippen LogP contribution in [0.4, 0.5) is 5.82 Å². The fourth-order valence-electron chi connectivity index (χ4n) is 1.96. The summed E-state index contributed by atoms with van der Waals surface area (Å²) in [5.41, 5.74) is 9.33. The van der Waals surface area contributed by atoms with Crippen molar-refractivity contribution in [2.24, 2.45) is 7.05 Å². The van der Waals surface area contributed by atoms with Crippen molar-refractivity contribution < 1.29 is 0 Å². The Balaban J connectivity index is 2.29. The summed E-state index contributed by atoms with van der Waals surface area (Å²) in [7, 11) is 1.80. The standard InChI is InChI=1S/C12H11BrN6/c1-19-12(14)10(7-4-2-3-5-8(7)13)11(17-19)9-6-15-18-16-9/h2-6H,14H2,1H3,(H,15,16,18). The molecule has 0 radical (unpaired) electrons. The van der Waals surface area contributed by atoms with Gasteiger partial charge in [0.1, 0.15) is 17.2 Å². The second-order valence-electron chi connectivity index (χ2n) is 4.07. The first-order chi connectivity index (χ1) is 9.18. The second-order valence-corrected chi connectivity index (χ2v) is 4.92. The molecule has 0 aliphatic heterocycles. The lowest BCUT2D eigenvalue weighted by atomic mass is 10.0. The lowest BCUT2D eigenvalue weighted by Crippen LogP contribution is -1.98. The van der Waals surface area contributed by atoms with Crippen molar-refractivity contribution in [3.63, 3.8) is 0 Å². The molecule has 0 aliphatic carbocycles. The summed E-state index contributed by atoms with van der Waals surface area (Å²) in [6.45, 7) is 0. The molecule has 0 saturated carbocycles. The fourth-order valence-corrected chi connectivity index (χ4v) is 2.44. The van der Waals surface area contributed by atoms with Crippen LogP contribution < -0.4 is 5.73 Å². The van der Waals surface area contributed by atoms with Crippen molar-refractivity contribution in [3.8, 4) is 22.5 Å². The predicted molar refractivity (Wildman–Crippen MR) is 76.1 cm³/mol. The first-order valence-electron chi connectivity index (χ1n) is 5.62. The Morgan fingerprint density at radius 2 is 2.11 bits per heavy atom. The molecule has 0 fully saturated rings. The summed E-state index contributed by atoms with van der Waals surface area (Å²) in [5, 5.41) is 14.9. The molecule has 96 valence electrons. The van der Waals surface area contributed by atoms with Crippen LogP contribution in [0, 0.1) is 0 Å². The van der Waals surface area contributed by atoms with E-state index in [0.717, 1.165) is 15.6 Å². The zero-order valence-electron chi connectivity index (χ0n) is 10.1. The summed E-state index contributed by atoms with van der Waals surface area (Å²) < 4.78 is 2.60. The first kappa shape index (κ1) is 11.9. The van der Waals surface area contributed by atoms with Gasteiger partial charge in [-0.05, 0) is 6.07 Å². The zero-order chi connectivity index (χ0) is 13.4. The summed E-state index contributed by atoms with van der Waals surface area (Å²) in [6.07, 6.45) is 1.63. The van der Waals surface area contributed by atoms with Gasteiger partial charge >= 0.3 is 0 Å². The number of hydrogen-bond acceptors (Lipinski definition) is 4. The maximum Gasteiger partial charge on any atom is 0.133 e. The zero-order valence-corrected chi connectivity index (χ0v) is 11.7. The molecule has 0 bridgehead atoms. The van der Waals surface area contributed by atoms with Crippen molar-refractivity contribution >= 4 is 21.7 Å². The van der Waals surface area contributed by atoms with Gasteiger partial charge in [0.2, 0.25) is 0 Å². The fraction of sp³-hybridized carbons (Fsp3) is 0.0833. The Hall–Kier alpha value is -2.15. The Labute approximate surface area is 117 Å². The number of hydrogen-bond donors (Lipinski definition) is 2. The van der Waals surface area contributed by atoms with E-state index in [1.807, 2.05) is 24.3 Å². The number of anilines is 1. The summed E-state index contributed by atoms with van der Waals surface area (Å²) in [5.74, 6) is 0.588. The lowest BCUT2D eigenvalue weighted by Gasteiger charge is -2.05. The Kier molecular flexibility index (Phi) is 2.83. The average Bonchev–Trinajstić information content (AvgIpc) is 3.01. The van der Waals surface area contributed by atoms with Gasteiger partial charge in [-0.3, -0.25) is 4.68 Å². The molecular weight excluding hydrogens is 308 g/mol. The third-order valence-corrected chi connectivity index (χ3v) is 3.58. The van der Waals surface area contributed by atoms with Crippen LogP contribution in [0.2, 0.25) is 0 Å². The van der Waals surface area contributed by atoms with Crippen LogP contribution in [0.25, 0.3) is 22.5 Å². The maximum atomic E-state index is 6.13. The number of benzene rings is 1. The SMILES string of the molecule is Cn1nc(-c2cn[nH]n2)c(-c2ccccc2Br)c1N. The van der Waals surface area contributed by atoms with Gasteiger partial charge < -0.3 is 5.73 Å². The van der Waals surface area contributed by atoms with Crippen molar-refractivity contribution in [1.82, 2.24) is 25.2 Å². The van der Waals surface area contributed by atoms with E-state index in [0.29, 0.717) is 17.2 Å². The summed E-state index contributed by atoms with van der Waals surface area (Å²) in [6, 6.07) is 7.87. The number of aromatic amines is 1. The van der Waals surface area contributed by atoms with Crippen molar-refractivity contribution in [3.05, 3.63) is 34.9 Å². The van der Waals surface area contributed by atoms with Gasteiger partial charge in [0, 0.05) is 17.1 Å². The lowest BCUT2D eigenvalue weighted by molar-refractivity contribution is 0.781. The number of nitrogens with two attached hydrogens (primary N) is 1. The Bertz CT molecular complexity index is 716. The highest BCUT2D eigenvalue weighted by Gasteiger charge is 2.20. The Morgan fingerprint density at radius 1 is 1.32 bits per heavy atom. The van der Waals surface area contributed by atoms with Gasteiger partial charge in [0.25, 0.3) is 0 Å². The normalized spacial score (nSPS) is 10.8. The van der Waals surface area contributed by atoms with Crippen molar-refractivity contribution in [2.45, 2.75) is 0 Å². The molecule has 0 aliphatic rings. The van der Waals surface area contributed by atoms with E-state index in [1.165, 1.54) is 0 Å². The molecule has 0 unspecified atom stereocenters. The van der Waals surface area contributed by atoms with E-state index >= 15 is 0 Å². The van der Waals surface area contributed by atoms with Crippen LogP contribution >= 0.6 is 15.9 Å². The molecule has 3 rings (SSSR count). The molecule has 3 aromatic rings. The molecule has 1 aromatic carbocycles. The van der Waals surface area contributed by atoms with Gasteiger partial charge in [0.15, 0.2) is 0 Å². The van der Waals surface area contributed by atoms with Gasteiger partial charge in [-0.15, -0.1) is 0 Å². The highest BCUT2D eigenvalue weighted by Crippen LogP contribution is 2.38. The predicted octanol–water partition coefficient (Wildman–Crippen LogP) is 2.22. The van der Waals surface area contributed by atoms with E-state index in [-0.39, 0.29) is 0 Å². The molecule has 7 heteroatoms. The number of aryl methyl sites for hydroxylation is 1. The van der Waals surface area contributed by atoms with E-state index < -0.39 is 0 Å². The quantitative estimate of drug-likeness (QED) is 0.758. The molecule has 0 saturated heterocycles. The number of nitrogen functional groups attached to an aromatic ring is 1. The first-order valence-corrected chi connectivity index (χ1v) is 6.41. The van der Waals surface area contributed by atoms with Crippen LogP contribution in [0.3, 0.4) is 0 Å². The minimum Gasteiger partial charge on any atom is -0.383 e. The number of nitrogens with one attached hydrogen (secondary N) is 1. The molecule has 3 N–H and O–H groups in total. The van der Waals surface area contributed by atoms with E-state index in [9.17, 15) is 0 Å².